The first-order valence-electron chi connectivity index (χ1n) is 14.7. The van der Waals surface area contributed by atoms with Gasteiger partial charge in [-0.3, -0.25) is 9.69 Å². The normalized spacial score (nSPS) is 36.8. The molecule has 0 aromatic heterocycles. The number of ether oxygens (including phenoxy) is 3. The second kappa shape index (κ2) is 8.34. The van der Waals surface area contributed by atoms with Crippen molar-refractivity contribution in [2.75, 3.05) is 27.3 Å². The number of likely N-dealkylation sites (tertiary alicyclic amines) is 1. The van der Waals surface area contributed by atoms with Gasteiger partial charge < -0.3 is 19.5 Å². The van der Waals surface area contributed by atoms with Crippen molar-refractivity contribution in [2.24, 2.45) is 17.3 Å². The molecule has 1 N–H and O–H groups in total. The van der Waals surface area contributed by atoms with Crippen LogP contribution in [0.15, 0.2) is 54.6 Å². The predicted molar refractivity (Wildman–Crippen MR) is 148 cm³/mol. The van der Waals surface area contributed by atoms with Crippen molar-refractivity contribution in [3.8, 4) is 11.5 Å². The Morgan fingerprint density at radius 3 is 2.74 bits per heavy atom. The molecular formula is C33H38N2O4. The molecule has 6 atom stereocenters. The summed E-state index contributed by atoms with van der Waals surface area (Å²) in [6.45, 7) is 2.83. The molecule has 2 aromatic carbocycles. The van der Waals surface area contributed by atoms with Crippen molar-refractivity contribution in [3.05, 3.63) is 71.3 Å². The van der Waals surface area contributed by atoms with Crippen LogP contribution >= 0.6 is 0 Å². The molecule has 6 nitrogen and oxygen atoms in total. The van der Waals surface area contributed by atoms with Crippen LogP contribution in [0.4, 0.5) is 0 Å². The highest BCUT2D eigenvalue weighted by Gasteiger charge is 2.79. The fourth-order valence-corrected chi connectivity index (χ4v) is 9.40. The molecule has 39 heavy (non-hydrogen) atoms. The third-order valence-electron chi connectivity index (χ3n) is 11.2. The van der Waals surface area contributed by atoms with Crippen molar-refractivity contribution in [2.45, 2.75) is 68.2 Å². The molecule has 4 bridgehead atoms. The SMILES string of the molecule is COc1ccc2c3c1O[C@H]1[C@]4(OC)C=C[C@@]5(C[C@H]4CC(=O)NCc4ccccc4)[C@@H](C2)N(CC2CC2)CC[C@]315. The van der Waals surface area contributed by atoms with Crippen LogP contribution in [0, 0.1) is 17.3 Å². The second-order valence-corrected chi connectivity index (χ2v) is 12.8. The van der Waals surface area contributed by atoms with Crippen LogP contribution in [0.3, 0.4) is 0 Å². The first-order chi connectivity index (χ1) is 19.0. The lowest BCUT2D eigenvalue weighted by molar-refractivity contribution is -0.217. The van der Waals surface area contributed by atoms with E-state index in [1.807, 2.05) is 18.2 Å². The Kier molecular flexibility index (Phi) is 5.13. The largest absolute Gasteiger partial charge is 0.493 e. The highest BCUT2D eigenvalue weighted by atomic mass is 16.6. The van der Waals surface area contributed by atoms with Crippen LogP contribution in [0.2, 0.25) is 0 Å². The number of hydrogen-bond acceptors (Lipinski definition) is 5. The summed E-state index contributed by atoms with van der Waals surface area (Å²) < 4.78 is 19.4. The quantitative estimate of drug-likeness (QED) is 0.517. The molecule has 5 aliphatic carbocycles. The van der Waals surface area contributed by atoms with Gasteiger partial charge in [-0.15, -0.1) is 0 Å². The lowest BCUT2D eigenvalue weighted by Crippen LogP contribution is -2.79. The van der Waals surface area contributed by atoms with E-state index in [9.17, 15) is 4.79 Å². The van der Waals surface area contributed by atoms with Crippen molar-refractivity contribution in [1.82, 2.24) is 10.2 Å². The van der Waals surface area contributed by atoms with Crippen LogP contribution in [0.1, 0.15) is 48.8 Å². The molecule has 2 spiro atoms. The van der Waals surface area contributed by atoms with Gasteiger partial charge in [0.15, 0.2) is 11.5 Å². The molecule has 2 aliphatic heterocycles. The maximum atomic E-state index is 13.4. The molecule has 204 valence electrons. The first kappa shape index (κ1) is 24.0. The van der Waals surface area contributed by atoms with E-state index in [1.165, 1.54) is 30.5 Å². The summed E-state index contributed by atoms with van der Waals surface area (Å²) >= 11 is 0. The Balaban J connectivity index is 1.20. The molecule has 6 heteroatoms. The summed E-state index contributed by atoms with van der Waals surface area (Å²) in [5.41, 5.74) is 2.99. The lowest BCUT2D eigenvalue weighted by Gasteiger charge is -2.71. The van der Waals surface area contributed by atoms with E-state index in [2.05, 4.69) is 46.6 Å². The van der Waals surface area contributed by atoms with Crippen molar-refractivity contribution in [3.63, 3.8) is 0 Å². The highest BCUT2D eigenvalue weighted by Crippen LogP contribution is 2.75. The van der Waals surface area contributed by atoms with Gasteiger partial charge in [0.2, 0.25) is 5.91 Å². The monoisotopic (exact) mass is 526 g/mol. The van der Waals surface area contributed by atoms with E-state index in [-0.39, 0.29) is 28.8 Å². The van der Waals surface area contributed by atoms with Crippen LogP contribution in [-0.4, -0.2) is 55.9 Å². The predicted octanol–water partition coefficient (Wildman–Crippen LogP) is 4.40. The summed E-state index contributed by atoms with van der Waals surface area (Å²) in [5, 5.41) is 3.19. The van der Waals surface area contributed by atoms with Crippen molar-refractivity contribution >= 4 is 5.91 Å². The zero-order valence-electron chi connectivity index (χ0n) is 22.9. The molecule has 2 heterocycles. The van der Waals surface area contributed by atoms with Gasteiger partial charge in [0.1, 0.15) is 11.7 Å². The van der Waals surface area contributed by atoms with Gasteiger partial charge in [-0.2, -0.15) is 0 Å². The average molecular weight is 527 g/mol. The van der Waals surface area contributed by atoms with Gasteiger partial charge in [-0.05, 0) is 61.8 Å². The van der Waals surface area contributed by atoms with E-state index in [0.717, 1.165) is 48.8 Å². The van der Waals surface area contributed by atoms with E-state index in [4.69, 9.17) is 14.2 Å². The van der Waals surface area contributed by atoms with Crippen LogP contribution in [0.25, 0.3) is 0 Å². The number of fused-ring (bicyclic) bond motifs is 1. The van der Waals surface area contributed by atoms with Gasteiger partial charge in [0, 0.05) is 49.6 Å². The zero-order chi connectivity index (χ0) is 26.4. The Bertz CT molecular complexity index is 1350. The number of amides is 1. The Morgan fingerprint density at radius 1 is 1.13 bits per heavy atom. The van der Waals surface area contributed by atoms with Crippen LogP contribution < -0.4 is 14.8 Å². The first-order valence-corrected chi connectivity index (χ1v) is 14.7. The Labute approximate surface area is 230 Å². The summed E-state index contributed by atoms with van der Waals surface area (Å²) in [6, 6.07) is 14.9. The number of nitrogens with one attached hydrogen (secondary N) is 1. The lowest BCUT2D eigenvalue weighted by atomic mass is 9.37. The number of carbonyl (C=O) groups excluding carboxylic acids is 1. The van der Waals surface area contributed by atoms with Gasteiger partial charge >= 0.3 is 0 Å². The maximum Gasteiger partial charge on any atom is 0.220 e. The van der Waals surface area contributed by atoms with Crippen LogP contribution in [0.5, 0.6) is 11.5 Å². The standard InChI is InChI=1S/C33H38N2O4/c1-37-25-11-10-23-16-26-31-12-13-33(38-2,24(18-31)17-27(36)34-19-21-6-4-3-5-7-21)30-32(31,28(23)29(25)39-30)14-15-35(26)20-22-8-9-22/h3-7,10-13,22,24,26,30H,8-9,14-20H2,1-2H3,(H,34,36)/t24-,26-,30-,31-,32+,33+/m1/s1. The molecule has 0 unspecified atom stereocenters. The summed E-state index contributed by atoms with van der Waals surface area (Å²) in [6.07, 6.45) is 10.8. The third-order valence-corrected chi connectivity index (χ3v) is 11.2. The minimum absolute atomic E-state index is 0.0339. The molecule has 2 saturated carbocycles. The maximum absolute atomic E-state index is 13.4. The fraction of sp³-hybridized carbons (Fsp3) is 0.545. The third kappa shape index (κ3) is 3.08. The molecule has 7 aliphatic rings. The number of piperidine rings is 1. The molecule has 0 radical (unpaired) electrons. The minimum atomic E-state index is -0.659. The number of carbonyl (C=O) groups is 1. The highest BCUT2D eigenvalue weighted by molar-refractivity contribution is 5.77. The fourth-order valence-electron chi connectivity index (χ4n) is 9.40. The van der Waals surface area contributed by atoms with Gasteiger partial charge in [-0.1, -0.05) is 48.6 Å². The van der Waals surface area contributed by atoms with E-state index in [0.29, 0.717) is 19.0 Å². The molecule has 9 rings (SSSR count). The van der Waals surface area contributed by atoms with Gasteiger partial charge in [0.05, 0.1) is 12.5 Å². The Morgan fingerprint density at radius 2 is 1.97 bits per heavy atom. The summed E-state index contributed by atoms with van der Waals surface area (Å²) in [4.78, 5) is 16.2. The summed E-state index contributed by atoms with van der Waals surface area (Å²) in [5.74, 6) is 2.68. The number of benzene rings is 2. The second-order valence-electron chi connectivity index (χ2n) is 12.8. The minimum Gasteiger partial charge on any atom is -0.493 e. The number of rotatable bonds is 8. The Hall–Kier alpha value is -2.83. The van der Waals surface area contributed by atoms with Crippen LogP contribution in [-0.2, 0) is 27.9 Å². The van der Waals surface area contributed by atoms with E-state index < -0.39 is 5.60 Å². The van der Waals surface area contributed by atoms with Crippen molar-refractivity contribution < 1.29 is 19.0 Å². The molecular weight excluding hydrogens is 488 g/mol. The van der Waals surface area contributed by atoms with E-state index in [1.54, 1.807) is 14.2 Å². The molecule has 1 saturated heterocycles. The zero-order valence-corrected chi connectivity index (χ0v) is 22.9. The summed E-state index contributed by atoms with van der Waals surface area (Å²) in [7, 11) is 3.54. The topological polar surface area (TPSA) is 60.0 Å². The van der Waals surface area contributed by atoms with Crippen molar-refractivity contribution in [1.29, 1.82) is 0 Å². The number of nitrogens with zero attached hydrogens (tertiary/aromatic N) is 1. The molecule has 3 fully saturated rings. The van der Waals surface area contributed by atoms with Gasteiger partial charge in [-0.25, -0.2) is 0 Å². The smallest absolute Gasteiger partial charge is 0.220 e. The van der Waals surface area contributed by atoms with E-state index >= 15 is 0 Å². The average Bonchev–Trinajstić information content (AvgIpc) is 3.71. The number of methoxy groups -OCH3 is 2. The molecule has 2 aromatic rings. The molecule has 1 amide bonds. The number of hydrogen-bond donors (Lipinski definition) is 1. The van der Waals surface area contributed by atoms with Gasteiger partial charge in [0.25, 0.3) is 0 Å².